The summed E-state index contributed by atoms with van der Waals surface area (Å²) in [5.41, 5.74) is 8.90. The summed E-state index contributed by atoms with van der Waals surface area (Å²) in [6, 6.07) is 28.2. The van der Waals surface area contributed by atoms with Gasteiger partial charge in [-0.1, -0.05) is 54.6 Å². The van der Waals surface area contributed by atoms with Crippen molar-refractivity contribution in [2.75, 3.05) is 5.32 Å². The molecule has 14 heteroatoms. The van der Waals surface area contributed by atoms with Crippen molar-refractivity contribution in [3.8, 4) is 17.6 Å². The maximum absolute atomic E-state index is 13.4. The fourth-order valence-electron chi connectivity index (χ4n) is 6.28. The summed E-state index contributed by atoms with van der Waals surface area (Å²) < 4.78 is 5.86. The van der Waals surface area contributed by atoms with Gasteiger partial charge in [0.25, 0.3) is 5.91 Å². The van der Waals surface area contributed by atoms with Crippen molar-refractivity contribution in [1.82, 2.24) is 5.32 Å². The van der Waals surface area contributed by atoms with E-state index in [1.54, 1.807) is 50.2 Å². The smallest absolute Gasteiger partial charge is 0.335 e. The predicted octanol–water partition coefficient (Wildman–Crippen LogP) is 5.57. The number of aromatic hydroxyl groups is 1. The Morgan fingerprint density at radius 2 is 1.25 bits per heavy atom. The summed E-state index contributed by atoms with van der Waals surface area (Å²) in [5.74, 6) is -4.59. The van der Waals surface area contributed by atoms with Gasteiger partial charge in [-0.15, -0.1) is 0 Å². The molecule has 0 spiro atoms. The first-order chi connectivity index (χ1) is 29.1. The number of phenols is 1. The molecule has 5 rings (SSSR count). The third-order valence-electron chi connectivity index (χ3n) is 9.42. The Kier molecular flexibility index (Phi) is 14.6. The summed E-state index contributed by atoms with van der Waals surface area (Å²) in [5, 5.41) is 34.6. The Bertz CT molecular complexity index is 2510. The second-order valence-corrected chi connectivity index (χ2v) is 14.5. The molecular weight excluding hydrogens is 781 g/mol. The third-order valence-corrected chi connectivity index (χ3v) is 9.42. The Morgan fingerprint density at radius 3 is 1.82 bits per heavy atom. The summed E-state index contributed by atoms with van der Waals surface area (Å²) >= 11 is 0. The van der Waals surface area contributed by atoms with Crippen LogP contribution in [0.1, 0.15) is 89.5 Å². The van der Waals surface area contributed by atoms with Crippen LogP contribution in [0.3, 0.4) is 0 Å². The Hall–Kier alpha value is -7.92. The number of rotatable bonds is 19. The highest BCUT2D eigenvalue weighted by molar-refractivity contribution is 6.03. The molecule has 0 fully saturated rings. The van der Waals surface area contributed by atoms with Gasteiger partial charge in [0.2, 0.25) is 11.8 Å². The second-order valence-electron chi connectivity index (χ2n) is 14.5. The summed E-state index contributed by atoms with van der Waals surface area (Å²) in [6.45, 7) is 3.46. The highest BCUT2D eigenvalue weighted by Crippen LogP contribution is 2.36. The molecule has 5 aromatic carbocycles. The van der Waals surface area contributed by atoms with Crippen LogP contribution < -0.4 is 21.1 Å². The quantitative estimate of drug-likeness (QED) is 0.0645. The normalized spacial score (nSPS) is 11.2. The van der Waals surface area contributed by atoms with Crippen LogP contribution in [0.4, 0.5) is 5.69 Å². The number of aromatic carboxylic acids is 1. The molecule has 6 N–H and O–H groups in total. The van der Waals surface area contributed by atoms with Gasteiger partial charge in [-0.3, -0.25) is 28.8 Å². The van der Waals surface area contributed by atoms with Gasteiger partial charge in [-0.05, 0) is 85.1 Å². The lowest BCUT2D eigenvalue weighted by atomic mass is 9.95. The number of hydrogen-bond acceptors (Lipinski definition) is 10. The van der Waals surface area contributed by atoms with Crippen LogP contribution in [0.25, 0.3) is 0 Å². The Labute approximate surface area is 351 Å². The van der Waals surface area contributed by atoms with Crippen LogP contribution in [0, 0.1) is 11.3 Å². The van der Waals surface area contributed by atoms with Gasteiger partial charge in [0, 0.05) is 41.6 Å². The van der Waals surface area contributed by atoms with Gasteiger partial charge in [-0.25, -0.2) is 4.79 Å². The maximum Gasteiger partial charge on any atom is 0.335 e. The lowest BCUT2D eigenvalue weighted by Crippen LogP contribution is -2.44. The molecule has 0 aliphatic carbocycles. The number of carboxylic acid groups (broad SMARTS) is 1. The molecule has 0 aromatic heterocycles. The van der Waals surface area contributed by atoms with Crippen LogP contribution in [0.15, 0.2) is 109 Å². The molecule has 3 amide bonds. The van der Waals surface area contributed by atoms with Crippen LogP contribution in [0.5, 0.6) is 11.5 Å². The molecule has 0 radical (unpaired) electrons. The molecule has 310 valence electrons. The van der Waals surface area contributed by atoms with Gasteiger partial charge < -0.3 is 31.3 Å². The van der Waals surface area contributed by atoms with E-state index in [9.17, 15) is 38.7 Å². The van der Waals surface area contributed by atoms with Crippen molar-refractivity contribution in [3.05, 3.63) is 159 Å². The van der Waals surface area contributed by atoms with E-state index in [4.69, 9.17) is 20.8 Å². The zero-order valence-corrected chi connectivity index (χ0v) is 33.3. The number of benzene rings is 5. The van der Waals surface area contributed by atoms with E-state index >= 15 is 0 Å². The Morgan fingerprint density at radius 1 is 0.689 bits per heavy atom. The number of phenolic OH excluding ortho intramolecular Hbond substituents is 1. The van der Waals surface area contributed by atoms with E-state index in [0.717, 1.165) is 0 Å². The second kappa shape index (κ2) is 20.2. The molecule has 1 atom stereocenters. The lowest BCUT2D eigenvalue weighted by molar-refractivity contribution is -0.125. The zero-order valence-electron chi connectivity index (χ0n) is 33.3. The van der Waals surface area contributed by atoms with E-state index in [1.165, 1.54) is 72.8 Å². The Balaban J connectivity index is 1.20. The fraction of sp³-hybridized carbons (Fsp3) is 0.191. The predicted molar refractivity (Wildman–Crippen MR) is 223 cm³/mol. The highest BCUT2D eigenvalue weighted by atomic mass is 16.5. The molecule has 5 aromatic rings. The number of anilines is 1. The van der Waals surface area contributed by atoms with E-state index in [-0.39, 0.29) is 65.4 Å². The lowest BCUT2D eigenvalue weighted by Gasteiger charge is -2.18. The molecule has 0 aliphatic heterocycles. The first kappa shape index (κ1) is 44.2. The summed E-state index contributed by atoms with van der Waals surface area (Å²) in [6.07, 6.45) is -1.31. The molecule has 0 saturated carbocycles. The minimum atomic E-state index is -1.25. The number of primary amides is 1. The number of carbonyl (C=O) groups is 7. The number of ketones is 3. The first-order valence-corrected chi connectivity index (χ1v) is 19.1. The van der Waals surface area contributed by atoms with Crippen LogP contribution in [-0.2, 0) is 40.1 Å². The fourth-order valence-corrected chi connectivity index (χ4v) is 6.28. The number of nitrogens with one attached hydrogen (secondary N) is 2. The minimum absolute atomic E-state index is 0.0148. The van der Waals surface area contributed by atoms with E-state index in [0.29, 0.717) is 33.5 Å². The maximum atomic E-state index is 13.4. The SMILES string of the molecule is CC(C)Oc1c(CC(=O)c2ccc(CC(=O)[C@H](CC(N)=O)NC(=O)c3ccc(NC(=O)Cc4ccc(C#N)cc4)cc3)cc2)ccc(C(=O)Cc2ccc(C(=O)O)cc2)c1O. The molecule has 0 unspecified atom stereocenters. The molecule has 0 heterocycles. The van der Waals surface area contributed by atoms with Gasteiger partial charge in [0.05, 0.1) is 47.7 Å². The van der Waals surface area contributed by atoms with Crippen LogP contribution in [-0.4, -0.2) is 63.4 Å². The first-order valence-electron chi connectivity index (χ1n) is 19.1. The van der Waals surface area contributed by atoms with Gasteiger partial charge in [0.15, 0.2) is 28.8 Å². The van der Waals surface area contributed by atoms with Crippen molar-refractivity contribution < 1.29 is 48.5 Å². The number of carboxylic acids is 1. The molecule has 61 heavy (non-hydrogen) atoms. The highest BCUT2D eigenvalue weighted by Gasteiger charge is 2.25. The summed E-state index contributed by atoms with van der Waals surface area (Å²) in [4.78, 5) is 88.7. The zero-order chi connectivity index (χ0) is 44.2. The van der Waals surface area contributed by atoms with Gasteiger partial charge >= 0.3 is 5.97 Å². The number of nitrogens with zero attached hydrogens (tertiary/aromatic N) is 1. The van der Waals surface area contributed by atoms with E-state index in [1.807, 2.05) is 6.07 Å². The van der Waals surface area contributed by atoms with Gasteiger partial charge in [-0.2, -0.15) is 5.26 Å². The average Bonchev–Trinajstić information content (AvgIpc) is 3.22. The van der Waals surface area contributed by atoms with E-state index < -0.39 is 53.7 Å². The number of nitriles is 1. The van der Waals surface area contributed by atoms with Crippen LogP contribution in [0.2, 0.25) is 0 Å². The van der Waals surface area contributed by atoms with Gasteiger partial charge in [0.1, 0.15) is 0 Å². The number of ether oxygens (including phenoxy) is 1. The average molecular weight is 823 g/mol. The number of amides is 3. The molecule has 0 bridgehead atoms. The van der Waals surface area contributed by atoms with Crippen molar-refractivity contribution in [2.45, 2.75) is 58.1 Å². The topological polar surface area (TPSA) is 243 Å². The largest absolute Gasteiger partial charge is 0.504 e. The van der Waals surface area contributed by atoms with Crippen molar-refractivity contribution >= 4 is 46.7 Å². The number of carbonyl (C=O) groups excluding carboxylic acids is 6. The number of nitrogens with two attached hydrogens (primary N) is 1. The minimum Gasteiger partial charge on any atom is -0.504 e. The van der Waals surface area contributed by atoms with Crippen molar-refractivity contribution in [1.29, 1.82) is 5.26 Å². The van der Waals surface area contributed by atoms with Crippen molar-refractivity contribution in [3.63, 3.8) is 0 Å². The van der Waals surface area contributed by atoms with Crippen molar-refractivity contribution in [2.24, 2.45) is 5.73 Å². The molecule has 14 nitrogen and oxygen atoms in total. The number of hydrogen-bond donors (Lipinski definition) is 5. The monoisotopic (exact) mass is 822 g/mol. The summed E-state index contributed by atoms with van der Waals surface area (Å²) in [7, 11) is 0. The number of Topliss-reactive ketones (excluding diaryl/α,β-unsaturated/α-hetero) is 3. The van der Waals surface area contributed by atoms with E-state index in [2.05, 4.69) is 10.6 Å². The molecular formula is C47H42N4O10. The standard InChI is InChI=1S/C47H42N4O10/c1-27(2)61-45-35(17-20-37(44(45)57)40(53)21-28-9-13-34(14-10-28)47(59)60)24-39(52)32-11-7-29(8-12-32)22-41(54)38(25-42(49)55)51-46(58)33-15-18-36(19-16-33)50-43(56)23-30-3-5-31(26-48)6-4-30/h3-20,27,38,57H,21-25H2,1-2H3,(H2,49,55)(H,50,56)(H,51,58)(H,59,60)/t38-/m0/s1. The van der Waals surface area contributed by atoms with Crippen LogP contribution >= 0.6 is 0 Å². The third kappa shape index (κ3) is 12.3. The molecule has 0 saturated heterocycles. The molecule has 0 aliphatic rings.